The lowest BCUT2D eigenvalue weighted by Crippen LogP contribution is -2.18. The first-order chi connectivity index (χ1) is 15.7. The minimum atomic E-state index is 0.241. The van der Waals surface area contributed by atoms with Crippen LogP contribution in [-0.2, 0) is 7.05 Å². The maximum absolute atomic E-state index is 7.71. The normalized spacial score (nSPS) is 16.4. The van der Waals surface area contributed by atoms with Gasteiger partial charge in [-0.25, -0.2) is 9.97 Å². The summed E-state index contributed by atoms with van der Waals surface area (Å²) in [5, 5.41) is 18.7. The number of aryl methyl sites for hydroxylation is 1. The summed E-state index contributed by atoms with van der Waals surface area (Å²) < 4.78 is 1.79. The fourth-order valence-electron chi connectivity index (χ4n) is 3.88. The zero-order valence-electron chi connectivity index (χ0n) is 18.5. The lowest BCUT2D eigenvalue weighted by Gasteiger charge is -2.17. The molecular weight excluding hydrogens is 398 g/mol. The van der Waals surface area contributed by atoms with Gasteiger partial charge in [0.25, 0.3) is 0 Å². The molecule has 0 amide bonds. The number of hydrogen-bond acceptors (Lipinski definition) is 6. The van der Waals surface area contributed by atoms with Crippen LogP contribution in [0.15, 0.2) is 61.2 Å². The van der Waals surface area contributed by atoms with E-state index in [-0.39, 0.29) is 6.04 Å². The lowest BCUT2D eigenvalue weighted by atomic mass is 10.0. The number of anilines is 1. The van der Waals surface area contributed by atoms with E-state index in [1.165, 1.54) is 19.1 Å². The topological polar surface area (TPSA) is 91.5 Å². The molecule has 7 heteroatoms. The molecule has 1 aliphatic rings. The van der Waals surface area contributed by atoms with Gasteiger partial charge in [-0.1, -0.05) is 36.8 Å². The lowest BCUT2D eigenvalue weighted by molar-refractivity contribution is 0.678. The first-order valence-electron chi connectivity index (χ1n) is 11.0. The largest absolute Gasteiger partial charge is 0.393 e. The minimum Gasteiger partial charge on any atom is -0.393 e. The van der Waals surface area contributed by atoms with E-state index in [9.17, 15) is 0 Å². The van der Waals surface area contributed by atoms with Crippen molar-refractivity contribution in [3.63, 3.8) is 0 Å². The highest BCUT2D eigenvalue weighted by Crippen LogP contribution is 2.30. The maximum atomic E-state index is 7.71. The quantitative estimate of drug-likeness (QED) is 0.377. The summed E-state index contributed by atoms with van der Waals surface area (Å²) in [5.41, 5.74) is 4.56. The molecule has 3 N–H and O–H groups in total. The van der Waals surface area contributed by atoms with Crippen LogP contribution in [0.25, 0.3) is 28.1 Å². The SMILES string of the molecule is CN/C=C(\C=N)c1cccc(-c2ncc(-c3cnn(C)c3)c(NC3C=CCCCC3)n2)c1. The van der Waals surface area contributed by atoms with Crippen molar-refractivity contribution in [2.45, 2.75) is 31.7 Å². The molecule has 0 radical (unpaired) electrons. The Labute approximate surface area is 188 Å². The summed E-state index contributed by atoms with van der Waals surface area (Å²) in [7, 11) is 3.73. The molecule has 1 atom stereocenters. The Balaban J connectivity index is 1.74. The Morgan fingerprint density at radius 2 is 2.12 bits per heavy atom. The summed E-state index contributed by atoms with van der Waals surface area (Å²) in [6.45, 7) is 0. The van der Waals surface area contributed by atoms with E-state index in [4.69, 9.17) is 10.4 Å². The van der Waals surface area contributed by atoms with Gasteiger partial charge in [0, 0.05) is 67.2 Å². The van der Waals surface area contributed by atoms with Crippen LogP contribution in [0, 0.1) is 5.41 Å². The molecule has 0 bridgehead atoms. The van der Waals surface area contributed by atoms with Gasteiger partial charge in [-0.2, -0.15) is 5.10 Å². The Bertz CT molecular complexity index is 1140. The second-order valence-electron chi connectivity index (χ2n) is 7.94. The molecule has 0 saturated heterocycles. The third-order valence-corrected chi connectivity index (χ3v) is 5.54. The molecule has 4 rings (SSSR count). The molecule has 7 nitrogen and oxygen atoms in total. The molecule has 3 aromatic rings. The number of benzene rings is 1. The number of aromatic nitrogens is 4. The van der Waals surface area contributed by atoms with E-state index in [0.717, 1.165) is 46.5 Å². The highest BCUT2D eigenvalue weighted by atomic mass is 15.2. The molecule has 2 heterocycles. The number of hydrogen-bond donors (Lipinski definition) is 3. The van der Waals surface area contributed by atoms with Crippen molar-refractivity contribution in [1.82, 2.24) is 25.1 Å². The summed E-state index contributed by atoms with van der Waals surface area (Å²) in [6, 6.07) is 8.21. The van der Waals surface area contributed by atoms with Crippen molar-refractivity contribution >= 4 is 17.6 Å². The summed E-state index contributed by atoms with van der Waals surface area (Å²) in [6.07, 6.45) is 18.0. The highest BCUT2D eigenvalue weighted by Gasteiger charge is 2.16. The van der Waals surface area contributed by atoms with Gasteiger partial charge >= 0.3 is 0 Å². The second kappa shape index (κ2) is 10.0. The van der Waals surface area contributed by atoms with E-state index in [2.05, 4.69) is 32.9 Å². The molecule has 1 aliphatic carbocycles. The zero-order valence-corrected chi connectivity index (χ0v) is 18.5. The average molecular weight is 428 g/mol. The van der Waals surface area contributed by atoms with Crippen LogP contribution in [-0.4, -0.2) is 39.1 Å². The van der Waals surface area contributed by atoms with E-state index < -0.39 is 0 Å². The predicted octanol–water partition coefficient (Wildman–Crippen LogP) is 4.66. The third kappa shape index (κ3) is 4.94. The smallest absolute Gasteiger partial charge is 0.161 e. The molecule has 0 fully saturated rings. The van der Waals surface area contributed by atoms with Crippen LogP contribution >= 0.6 is 0 Å². The van der Waals surface area contributed by atoms with Gasteiger partial charge in [0.05, 0.1) is 6.20 Å². The Hall–Kier alpha value is -3.74. The number of nitrogens with one attached hydrogen (secondary N) is 3. The monoisotopic (exact) mass is 427 g/mol. The van der Waals surface area contributed by atoms with Crippen molar-refractivity contribution in [1.29, 1.82) is 5.41 Å². The van der Waals surface area contributed by atoms with Crippen LogP contribution in [0.2, 0.25) is 0 Å². The van der Waals surface area contributed by atoms with Crippen LogP contribution in [0.1, 0.15) is 31.2 Å². The van der Waals surface area contributed by atoms with Crippen LogP contribution in [0.3, 0.4) is 0 Å². The van der Waals surface area contributed by atoms with Crippen LogP contribution < -0.4 is 10.6 Å². The van der Waals surface area contributed by atoms with Gasteiger partial charge < -0.3 is 16.0 Å². The van der Waals surface area contributed by atoms with E-state index in [1.807, 2.05) is 63.2 Å². The summed E-state index contributed by atoms with van der Waals surface area (Å²) >= 11 is 0. The fourth-order valence-corrected chi connectivity index (χ4v) is 3.88. The Morgan fingerprint density at radius 1 is 1.22 bits per heavy atom. The first kappa shape index (κ1) is 21.5. The van der Waals surface area contributed by atoms with Gasteiger partial charge in [0.2, 0.25) is 0 Å². The molecule has 0 spiro atoms. The summed E-state index contributed by atoms with van der Waals surface area (Å²) in [4.78, 5) is 9.62. The van der Waals surface area contributed by atoms with Crippen LogP contribution in [0.5, 0.6) is 0 Å². The van der Waals surface area contributed by atoms with Crippen molar-refractivity contribution in [2.75, 3.05) is 12.4 Å². The van der Waals surface area contributed by atoms with Gasteiger partial charge in [-0.3, -0.25) is 4.68 Å². The van der Waals surface area contributed by atoms with Gasteiger partial charge in [-0.05, 0) is 30.9 Å². The molecule has 1 aromatic carbocycles. The molecule has 164 valence electrons. The summed E-state index contributed by atoms with van der Waals surface area (Å²) in [5.74, 6) is 1.45. The van der Waals surface area contributed by atoms with Crippen molar-refractivity contribution in [2.24, 2.45) is 7.05 Å². The van der Waals surface area contributed by atoms with E-state index in [1.54, 1.807) is 4.68 Å². The molecular formula is C25H29N7. The van der Waals surface area contributed by atoms with Crippen molar-refractivity contribution < 1.29 is 0 Å². The van der Waals surface area contributed by atoms with E-state index in [0.29, 0.717) is 5.82 Å². The highest BCUT2D eigenvalue weighted by molar-refractivity contribution is 6.08. The fraction of sp³-hybridized carbons (Fsp3) is 0.280. The van der Waals surface area contributed by atoms with E-state index >= 15 is 0 Å². The number of allylic oxidation sites excluding steroid dienone is 2. The van der Waals surface area contributed by atoms with Gasteiger partial charge in [0.15, 0.2) is 5.82 Å². The maximum Gasteiger partial charge on any atom is 0.161 e. The molecule has 0 aliphatic heterocycles. The molecule has 32 heavy (non-hydrogen) atoms. The average Bonchev–Trinajstić information content (AvgIpc) is 3.08. The predicted molar refractivity (Wildman–Crippen MR) is 131 cm³/mol. The number of nitrogens with zero attached hydrogens (tertiary/aromatic N) is 4. The first-order valence-corrected chi connectivity index (χ1v) is 11.0. The molecule has 0 saturated carbocycles. The second-order valence-corrected chi connectivity index (χ2v) is 7.94. The van der Waals surface area contributed by atoms with Gasteiger partial charge in [0.1, 0.15) is 5.82 Å². The number of rotatable bonds is 7. The zero-order chi connectivity index (χ0) is 22.3. The van der Waals surface area contributed by atoms with Crippen molar-refractivity contribution in [3.8, 4) is 22.5 Å². The Morgan fingerprint density at radius 3 is 2.91 bits per heavy atom. The molecule has 1 unspecified atom stereocenters. The standard InChI is InChI=1S/C25H29N7/c1-27-14-20(13-26)18-8-7-9-19(12-18)24-28-16-23(21-15-29-32(2)17-21)25(31-24)30-22-10-5-3-4-6-11-22/h5,7-10,12-17,22,26-27H,3-4,6,11H2,1-2H3,(H,28,30,31)/b20-14+,26-13?. The Kier molecular flexibility index (Phi) is 6.75. The van der Waals surface area contributed by atoms with Gasteiger partial charge in [-0.15, -0.1) is 0 Å². The third-order valence-electron chi connectivity index (χ3n) is 5.54. The minimum absolute atomic E-state index is 0.241. The molecule has 2 aromatic heterocycles. The van der Waals surface area contributed by atoms with Crippen LogP contribution in [0.4, 0.5) is 5.82 Å². The van der Waals surface area contributed by atoms with Crippen molar-refractivity contribution in [3.05, 3.63) is 66.8 Å².